The van der Waals surface area contributed by atoms with Gasteiger partial charge in [0.2, 0.25) is 0 Å². The molecule has 2 aromatic rings. The van der Waals surface area contributed by atoms with Crippen molar-refractivity contribution in [1.82, 2.24) is 0 Å². The fraction of sp³-hybridized carbons (Fsp3) is 0.440. The Labute approximate surface area is 189 Å². The van der Waals surface area contributed by atoms with Crippen LogP contribution < -0.4 is 9.80 Å². The zero-order valence-corrected chi connectivity index (χ0v) is 18.2. The fourth-order valence-corrected chi connectivity index (χ4v) is 4.34. The second-order valence-electron chi connectivity index (χ2n) is 7.70. The predicted molar refractivity (Wildman–Crippen MR) is 124 cm³/mol. The Balaban J connectivity index is 2.54. The Morgan fingerprint density at radius 2 is 1.25 bits per heavy atom. The maximum atomic E-state index is 8.61. The van der Waals surface area contributed by atoms with Gasteiger partial charge in [-0.1, -0.05) is 43.1 Å². The van der Waals surface area contributed by atoms with Crippen molar-refractivity contribution in [1.29, 1.82) is 0 Å². The van der Waals surface area contributed by atoms with Gasteiger partial charge in [-0.2, -0.15) is 0 Å². The number of nitrogens with zero attached hydrogens (tertiary/aromatic N) is 2. The highest BCUT2D eigenvalue weighted by atomic mass is 35.5. The van der Waals surface area contributed by atoms with Crippen LogP contribution in [0.5, 0.6) is 0 Å². The van der Waals surface area contributed by atoms with Crippen molar-refractivity contribution in [3.63, 3.8) is 0 Å². The van der Waals surface area contributed by atoms with Crippen LogP contribution in [0.3, 0.4) is 0 Å². The lowest BCUT2D eigenvalue weighted by atomic mass is 10.0. The molecule has 3 rings (SSSR count). The summed E-state index contributed by atoms with van der Waals surface area (Å²) in [6.45, 7) is 6.89. The molecule has 0 aromatic heterocycles. The standard InChI is InChI=1S/C25H33ClN2/c1-14(2)25-27(23-16(4)10-15(3)11-17(23)5)20(8)21(9)28(25)24-18(6)12-22(26)13-19(24)7/h10-14,25H,1-9H3/i6D3,7D3,10D,11D,12D,13D. The van der Waals surface area contributed by atoms with E-state index in [0.717, 1.165) is 0 Å². The minimum absolute atomic E-state index is 0.223. The van der Waals surface area contributed by atoms with E-state index in [9.17, 15) is 0 Å². The van der Waals surface area contributed by atoms with Crippen LogP contribution >= 0.6 is 11.6 Å². The van der Waals surface area contributed by atoms with Crippen molar-refractivity contribution in [2.75, 3.05) is 9.80 Å². The molecule has 0 N–H and O–H groups in total. The van der Waals surface area contributed by atoms with E-state index in [-0.39, 0.29) is 23.7 Å². The number of hydrogen-bond donors (Lipinski definition) is 0. The number of hydrogen-bond acceptors (Lipinski definition) is 2. The second-order valence-corrected chi connectivity index (χ2v) is 8.08. The molecule has 1 aliphatic rings. The largest absolute Gasteiger partial charge is 0.322 e. The molecule has 0 amide bonds. The van der Waals surface area contributed by atoms with E-state index in [1.165, 1.54) is 0 Å². The Kier molecular flexibility index (Phi) is 3.02. The van der Waals surface area contributed by atoms with E-state index < -0.39 is 48.1 Å². The Morgan fingerprint density at radius 3 is 1.64 bits per heavy atom. The normalized spacial score (nSPS) is 23.4. The van der Waals surface area contributed by atoms with Crippen molar-refractivity contribution in [3.8, 4) is 0 Å². The summed E-state index contributed by atoms with van der Waals surface area (Å²) >= 11 is 6.20. The van der Waals surface area contributed by atoms with Crippen LogP contribution in [0.15, 0.2) is 35.6 Å². The third-order valence-corrected chi connectivity index (χ3v) is 5.45. The molecular formula is C25H33ClN2. The van der Waals surface area contributed by atoms with E-state index in [4.69, 9.17) is 25.3 Å². The highest BCUT2D eigenvalue weighted by Gasteiger charge is 2.40. The average molecular weight is 407 g/mol. The van der Waals surface area contributed by atoms with Crippen molar-refractivity contribution < 1.29 is 13.7 Å². The molecule has 0 aliphatic carbocycles. The minimum atomic E-state index is -2.90. The zero-order chi connectivity index (χ0) is 29.4. The van der Waals surface area contributed by atoms with Crippen LogP contribution in [0, 0.1) is 40.4 Å². The van der Waals surface area contributed by atoms with Gasteiger partial charge in [-0.15, -0.1) is 0 Å². The summed E-state index contributed by atoms with van der Waals surface area (Å²) in [5, 5.41) is -0.524. The van der Waals surface area contributed by atoms with Crippen LogP contribution in [-0.2, 0) is 0 Å². The Bertz CT molecular complexity index is 1270. The first kappa shape index (κ1) is 11.3. The van der Waals surface area contributed by atoms with Crippen molar-refractivity contribution in [3.05, 3.63) is 68.4 Å². The van der Waals surface area contributed by atoms with Crippen LogP contribution in [0.2, 0.25) is 5.02 Å². The number of benzene rings is 2. The van der Waals surface area contributed by atoms with Crippen LogP contribution in [0.1, 0.15) is 69.2 Å². The second kappa shape index (κ2) is 7.48. The summed E-state index contributed by atoms with van der Waals surface area (Å²) in [4.78, 5) is 3.52. The smallest absolute Gasteiger partial charge is 0.113 e. The summed E-state index contributed by atoms with van der Waals surface area (Å²) < 4.78 is 83.8. The molecule has 150 valence electrons. The summed E-state index contributed by atoms with van der Waals surface area (Å²) in [6.07, 6.45) is -0.670. The van der Waals surface area contributed by atoms with E-state index in [1.54, 1.807) is 32.6 Å². The molecule has 1 heterocycles. The van der Waals surface area contributed by atoms with Crippen molar-refractivity contribution in [2.45, 2.75) is 68.3 Å². The number of anilines is 2. The van der Waals surface area contributed by atoms with Gasteiger partial charge in [-0.05, 0) is 88.6 Å². The number of halogens is 1. The Morgan fingerprint density at radius 1 is 0.821 bits per heavy atom. The fourth-order valence-electron chi connectivity index (χ4n) is 4.15. The summed E-state index contributed by atoms with van der Waals surface area (Å²) in [6, 6.07) is -0.755. The number of rotatable bonds is 3. The van der Waals surface area contributed by atoms with Crippen LogP contribution in [-0.4, -0.2) is 6.17 Å². The monoisotopic (exact) mass is 406 g/mol. The molecule has 0 bridgehead atoms. The summed E-state index contributed by atoms with van der Waals surface area (Å²) in [5.41, 5.74) is 2.39. The van der Waals surface area contributed by atoms with Gasteiger partial charge in [0.15, 0.2) is 0 Å². The van der Waals surface area contributed by atoms with Crippen molar-refractivity contribution >= 4 is 23.0 Å². The van der Waals surface area contributed by atoms with Gasteiger partial charge in [-0.3, -0.25) is 0 Å². The van der Waals surface area contributed by atoms with Crippen LogP contribution in [0.4, 0.5) is 11.4 Å². The van der Waals surface area contributed by atoms with E-state index in [1.807, 2.05) is 25.7 Å². The van der Waals surface area contributed by atoms with Gasteiger partial charge in [0.25, 0.3) is 0 Å². The molecule has 0 saturated heterocycles. The average Bonchev–Trinajstić information content (AvgIpc) is 3.03. The predicted octanol–water partition coefficient (Wildman–Crippen LogP) is 7.44. The van der Waals surface area contributed by atoms with Gasteiger partial charge in [0.05, 0.1) is 5.48 Å². The molecule has 0 spiro atoms. The van der Waals surface area contributed by atoms with Crippen molar-refractivity contribution in [2.24, 2.45) is 5.92 Å². The van der Waals surface area contributed by atoms with E-state index >= 15 is 0 Å². The highest BCUT2D eigenvalue weighted by molar-refractivity contribution is 6.30. The first-order chi connectivity index (χ1) is 17.2. The van der Waals surface area contributed by atoms with Gasteiger partial charge >= 0.3 is 0 Å². The first-order valence-corrected chi connectivity index (χ1v) is 9.72. The van der Waals surface area contributed by atoms with Gasteiger partial charge in [-0.25, -0.2) is 0 Å². The lowest BCUT2D eigenvalue weighted by Gasteiger charge is -2.40. The topological polar surface area (TPSA) is 6.48 Å². The summed E-state index contributed by atoms with van der Waals surface area (Å²) in [5.74, 6) is -0.223. The zero-order valence-electron chi connectivity index (χ0n) is 27.4. The molecule has 0 radical (unpaired) electrons. The maximum absolute atomic E-state index is 8.61. The molecule has 0 fully saturated rings. The van der Waals surface area contributed by atoms with Crippen LogP contribution in [0.25, 0.3) is 0 Å². The van der Waals surface area contributed by atoms with E-state index in [0.29, 0.717) is 33.8 Å². The third kappa shape index (κ3) is 3.33. The van der Waals surface area contributed by atoms with E-state index in [2.05, 4.69) is 0 Å². The molecule has 1 unspecified atom stereocenters. The van der Waals surface area contributed by atoms with Gasteiger partial charge in [0.1, 0.15) is 6.17 Å². The first-order valence-electron chi connectivity index (χ1n) is 14.3. The maximum Gasteiger partial charge on any atom is 0.113 e. The lowest BCUT2D eigenvalue weighted by Crippen LogP contribution is -2.45. The SMILES string of the molecule is [2H]c1c(C)c([2H])c(C)c(N2C(C)=C(C)N(c3c(C([2H])([2H])[2H])c([2H])c(Cl)c([2H])c3C([2H])([2H])[2H])C2C(C)C)c1C. The molecule has 0 saturated carbocycles. The molecule has 1 atom stereocenters. The highest BCUT2D eigenvalue weighted by Crippen LogP contribution is 2.44. The quantitative estimate of drug-likeness (QED) is 0.522. The molecule has 2 aromatic carbocycles. The molecule has 2 nitrogen and oxygen atoms in total. The minimum Gasteiger partial charge on any atom is -0.322 e. The van der Waals surface area contributed by atoms with Gasteiger partial charge < -0.3 is 9.80 Å². The number of allylic oxidation sites excluding steroid dienone is 2. The molecule has 1 aliphatic heterocycles. The lowest BCUT2D eigenvalue weighted by molar-refractivity contribution is 0.491. The molecular weight excluding hydrogens is 364 g/mol. The Hall–Kier alpha value is -1.93. The summed E-state index contributed by atoms with van der Waals surface area (Å²) in [7, 11) is 0. The third-order valence-electron chi connectivity index (χ3n) is 5.26. The molecule has 28 heavy (non-hydrogen) atoms. The van der Waals surface area contributed by atoms with Gasteiger partial charge in [0, 0.05) is 36.0 Å². The molecule has 3 heteroatoms.